The van der Waals surface area contributed by atoms with Crippen LogP contribution in [-0.2, 0) is 4.74 Å². The molecule has 1 unspecified atom stereocenters. The Labute approximate surface area is 140 Å². The molecule has 0 fully saturated rings. The minimum Gasteiger partial charge on any atom is -0.318 e. The second-order valence-electron chi connectivity index (χ2n) is 5.46. The molecular weight excluding hydrogens is 400 g/mol. The third-order valence-electron chi connectivity index (χ3n) is 3.32. The molecule has 0 bridgehead atoms. The smallest absolute Gasteiger partial charge is 0.318 e. The van der Waals surface area contributed by atoms with Crippen molar-refractivity contribution >= 4 is 0 Å². The van der Waals surface area contributed by atoms with Crippen molar-refractivity contribution in [1.82, 2.24) is 0 Å². The van der Waals surface area contributed by atoms with Crippen LogP contribution in [0.15, 0.2) is 0 Å². The Bertz CT molecular complexity index is 431. The molecule has 0 rings (SSSR count). The predicted octanol–water partition coefficient (Wildman–Crippen LogP) is 6.37. The van der Waals surface area contributed by atoms with E-state index < -0.39 is 42.8 Å². The van der Waals surface area contributed by atoms with Crippen molar-refractivity contribution < 1.29 is 57.4 Å². The molecule has 0 aromatic carbocycles. The zero-order valence-corrected chi connectivity index (χ0v) is 13.3. The van der Waals surface area contributed by atoms with Crippen molar-refractivity contribution in [3.63, 3.8) is 0 Å². The maximum atomic E-state index is 13.2. The van der Waals surface area contributed by atoms with Gasteiger partial charge in [-0.1, -0.05) is 32.6 Å². The fourth-order valence-electron chi connectivity index (χ4n) is 1.74. The summed E-state index contributed by atoms with van der Waals surface area (Å²) in [6.45, 7) is 0.714. The van der Waals surface area contributed by atoms with Crippen molar-refractivity contribution in [2.75, 3.05) is 6.61 Å². The van der Waals surface area contributed by atoms with E-state index in [4.69, 9.17) is 0 Å². The molecule has 0 aromatic heterocycles. The summed E-state index contributed by atoms with van der Waals surface area (Å²) < 4.78 is 156. The monoisotopic (exact) mass is 416 g/mol. The summed E-state index contributed by atoms with van der Waals surface area (Å²) in [4.78, 5) is 0. The average Bonchev–Trinajstić information content (AvgIpc) is 2.48. The fourth-order valence-corrected chi connectivity index (χ4v) is 1.74. The SMILES string of the molecule is CCCCCCCOC(F)(F)C(F)C(F)(F)C(F)(F)C(F)(F)C(F)(F)F. The van der Waals surface area contributed by atoms with E-state index in [2.05, 4.69) is 4.74 Å². The van der Waals surface area contributed by atoms with E-state index in [9.17, 15) is 52.7 Å². The molecule has 0 amide bonds. The Hall–Kier alpha value is -0.880. The van der Waals surface area contributed by atoms with Crippen LogP contribution >= 0.6 is 0 Å². The molecule has 0 radical (unpaired) electrons. The molecule has 0 spiro atoms. The van der Waals surface area contributed by atoms with Crippen molar-refractivity contribution in [3.8, 4) is 0 Å². The van der Waals surface area contributed by atoms with Gasteiger partial charge >= 0.3 is 30.1 Å². The van der Waals surface area contributed by atoms with E-state index >= 15 is 0 Å². The van der Waals surface area contributed by atoms with E-state index in [0.29, 0.717) is 12.8 Å². The summed E-state index contributed by atoms with van der Waals surface area (Å²) in [6, 6.07) is 0. The summed E-state index contributed by atoms with van der Waals surface area (Å²) in [6.07, 6.45) is -16.4. The number of halogens is 12. The molecule has 0 aliphatic heterocycles. The number of unbranched alkanes of at least 4 members (excludes halogenated alkanes) is 4. The maximum absolute atomic E-state index is 13.2. The van der Waals surface area contributed by atoms with Crippen LogP contribution < -0.4 is 0 Å². The zero-order chi connectivity index (χ0) is 21.0. The summed E-state index contributed by atoms with van der Waals surface area (Å²) in [5, 5.41) is 0. The van der Waals surface area contributed by atoms with Gasteiger partial charge in [-0.3, -0.25) is 0 Å². The molecule has 0 aliphatic rings. The van der Waals surface area contributed by atoms with Gasteiger partial charge in [0.15, 0.2) is 0 Å². The summed E-state index contributed by atoms with van der Waals surface area (Å²) in [5.41, 5.74) is 0. The van der Waals surface area contributed by atoms with Gasteiger partial charge in [-0.25, -0.2) is 4.39 Å². The quantitative estimate of drug-likeness (QED) is 0.281. The lowest BCUT2D eigenvalue weighted by Gasteiger charge is -2.36. The van der Waals surface area contributed by atoms with Gasteiger partial charge in [0.2, 0.25) is 0 Å². The van der Waals surface area contributed by atoms with E-state index in [1.807, 2.05) is 0 Å². The minimum absolute atomic E-state index is 0.219. The van der Waals surface area contributed by atoms with Crippen LogP contribution in [0, 0.1) is 0 Å². The standard InChI is InChI=1S/C13H16F12O/c1-2-3-4-5-6-7-26-10(17,18)8(14)9(15,16)11(19,20)12(21,22)13(23,24)25/h8H,2-7H2,1H3. The highest BCUT2D eigenvalue weighted by molar-refractivity contribution is 5.05. The van der Waals surface area contributed by atoms with Crippen molar-refractivity contribution in [2.45, 2.75) is 75.3 Å². The van der Waals surface area contributed by atoms with E-state index in [0.717, 1.165) is 6.42 Å². The Morgan fingerprint density at radius 1 is 0.692 bits per heavy atom. The summed E-state index contributed by atoms with van der Waals surface area (Å²) >= 11 is 0. The molecule has 0 saturated carbocycles. The van der Waals surface area contributed by atoms with Crippen LogP contribution in [0.1, 0.15) is 39.0 Å². The van der Waals surface area contributed by atoms with Gasteiger partial charge in [-0.15, -0.1) is 0 Å². The van der Waals surface area contributed by atoms with E-state index in [1.165, 1.54) is 0 Å². The third-order valence-corrected chi connectivity index (χ3v) is 3.32. The van der Waals surface area contributed by atoms with Crippen LogP contribution in [0.25, 0.3) is 0 Å². The van der Waals surface area contributed by atoms with Gasteiger partial charge < -0.3 is 4.74 Å². The topological polar surface area (TPSA) is 9.23 Å². The largest absolute Gasteiger partial charge is 0.460 e. The molecule has 0 aliphatic carbocycles. The Morgan fingerprint density at radius 3 is 1.58 bits per heavy atom. The molecule has 1 atom stereocenters. The first kappa shape index (κ1) is 25.1. The Balaban J connectivity index is 5.20. The highest BCUT2D eigenvalue weighted by Gasteiger charge is 2.85. The number of hydrogen-bond donors (Lipinski definition) is 0. The van der Waals surface area contributed by atoms with Gasteiger partial charge in [0.1, 0.15) is 0 Å². The number of alkyl halides is 12. The van der Waals surface area contributed by atoms with Crippen molar-refractivity contribution in [2.24, 2.45) is 0 Å². The summed E-state index contributed by atoms with van der Waals surface area (Å²) in [5.74, 6) is -22.0. The molecular formula is C13H16F12O. The molecule has 0 heterocycles. The molecule has 26 heavy (non-hydrogen) atoms. The van der Waals surface area contributed by atoms with Crippen LogP contribution in [0.2, 0.25) is 0 Å². The maximum Gasteiger partial charge on any atom is 0.460 e. The highest BCUT2D eigenvalue weighted by Crippen LogP contribution is 2.56. The van der Waals surface area contributed by atoms with Gasteiger partial charge in [-0.2, -0.15) is 48.3 Å². The van der Waals surface area contributed by atoms with Gasteiger partial charge in [0.05, 0.1) is 6.61 Å². The Morgan fingerprint density at radius 2 is 1.15 bits per heavy atom. The first-order chi connectivity index (χ1) is 11.5. The fraction of sp³-hybridized carbons (Fsp3) is 1.00. The van der Waals surface area contributed by atoms with Crippen LogP contribution in [0.5, 0.6) is 0 Å². The molecule has 0 N–H and O–H groups in total. The van der Waals surface area contributed by atoms with Crippen LogP contribution in [-0.4, -0.2) is 42.8 Å². The zero-order valence-electron chi connectivity index (χ0n) is 13.3. The van der Waals surface area contributed by atoms with E-state index in [1.54, 1.807) is 6.92 Å². The Kier molecular flexibility index (Phi) is 8.14. The van der Waals surface area contributed by atoms with Crippen LogP contribution in [0.3, 0.4) is 0 Å². The van der Waals surface area contributed by atoms with Crippen molar-refractivity contribution in [1.29, 1.82) is 0 Å². The molecule has 13 heteroatoms. The lowest BCUT2D eigenvalue weighted by atomic mass is 9.99. The number of ether oxygens (including phenoxy) is 1. The average molecular weight is 416 g/mol. The molecule has 1 nitrogen and oxygen atoms in total. The van der Waals surface area contributed by atoms with Crippen molar-refractivity contribution in [3.05, 3.63) is 0 Å². The van der Waals surface area contributed by atoms with Gasteiger partial charge in [0, 0.05) is 0 Å². The first-order valence-electron chi connectivity index (χ1n) is 7.32. The summed E-state index contributed by atoms with van der Waals surface area (Å²) in [7, 11) is 0. The van der Waals surface area contributed by atoms with Gasteiger partial charge in [0.25, 0.3) is 6.17 Å². The first-order valence-corrected chi connectivity index (χ1v) is 7.32. The molecule has 158 valence electrons. The lowest BCUT2D eigenvalue weighted by Crippen LogP contribution is -2.66. The second kappa shape index (κ2) is 8.42. The predicted molar refractivity (Wildman–Crippen MR) is 65.5 cm³/mol. The minimum atomic E-state index is -7.48. The number of hydrogen-bond acceptors (Lipinski definition) is 1. The van der Waals surface area contributed by atoms with E-state index in [-0.39, 0.29) is 12.8 Å². The third kappa shape index (κ3) is 5.10. The molecule has 0 saturated heterocycles. The highest BCUT2D eigenvalue weighted by atomic mass is 19.4. The van der Waals surface area contributed by atoms with Crippen LogP contribution in [0.4, 0.5) is 52.7 Å². The second-order valence-corrected chi connectivity index (χ2v) is 5.46. The number of rotatable bonds is 11. The lowest BCUT2D eigenvalue weighted by molar-refractivity contribution is -0.421. The van der Waals surface area contributed by atoms with Gasteiger partial charge in [-0.05, 0) is 6.42 Å². The normalized spacial score (nSPS) is 16.0. The molecule has 0 aromatic rings.